The monoisotopic (exact) mass is 368 g/mol. The lowest BCUT2D eigenvalue weighted by Crippen LogP contribution is -1.94. The van der Waals surface area contributed by atoms with E-state index in [9.17, 15) is 4.39 Å². The Morgan fingerprint density at radius 3 is 2.56 bits per heavy atom. The fourth-order valence-corrected chi connectivity index (χ4v) is 2.30. The van der Waals surface area contributed by atoms with E-state index >= 15 is 0 Å². The second-order valence-electron chi connectivity index (χ2n) is 3.53. The van der Waals surface area contributed by atoms with Crippen LogP contribution < -0.4 is 5.32 Å². The first-order chi connectivity index (χ1) is 8.61. The van der Waals surface area contributed by atoms with Gasteiger partial charge >= 0.3 is 0 Å². The molecule has 18 heavy (non-hydrogen) atoms. The number of nitrogens with one attached hydrogen (secondary N) is 1. The van der Waals surface area contributed by atoms with E-state index in [1.54, 1.807) is 24.3 Å². The summed E-state index contributed by atoms with van der Waals surface area (Å²) in [7, 11) is 0. The first-order valence-electron chi connectivity index (χ1n) is 5.02. The molecule has 0 aromatic heterocycles. The zero-order valence-corrected chi connectivity index (χ0v) is 12.2. The molecule has 0 heterocycles. The van der Waals surface area contributed by atoms with Crippen LogP contribution in [0.3, 0.4) is 0 Å². The molecular formula is C13H7Br2FN2. The number of halogens is 3. The Morgan fingerprint density at radius 2 is 1.89 bits per heavy atom. The molecule has 2 rings (SSSR count). The highest BCUT2D eigenvalue weighted by Crippen LogP contribution is 2.28. The minimum absolute atomic E-state index is 0.324. The number of hydrogen-bond donors (Lipinski definition) is 1. The van der Waals surface area contributed by atoms with Crippen molar-refractivity contribution in [3.63, 3.8) is 0 Å². The predicted octanol–water partition coefficient (Wildman–Crippen LogP) is 4.97. The number of nitriles is 1. The first kappa shape index (κ1) is 13.1. The predicted molar refractivity (Wildman–Crippen MR) is 76.2 cm³/mol. The molecular weight excluding hydrogens is 363 g/mol. The van der Waals surface area contributed by atoms with Crippen LogP contribution in [0.4, 0.5) is 15.8 Å². The van der Waals surface area contributed by atoms with Gasteiger partial charge in [-0.25, -0.2) is 4.39 Å². The van der Waals surface area contributed by atoms with E-state index in [0.29, 0.717) is 21.4 Å². The van der Waals surface area contributed by atoms with Crippen molar-refractivity contribution in [2.45, 2.75) is 0 Å². The lowest BCUT2D eigenvalue weighted by molar-refractivity contribution is 0.621. The molecule has 2 aromatic rings. The van der Waals surface area contributed by atoms with E-state index in [2.05, 4.69) is 43.2 Å². The van der Waals surface area contributed by atoms with Crippen LogP contribution in [0.1, 0.15) is 5.56 Å². The highest BCUT2D eigenvalue weighted by atomic mass is 79.9. The minimum atomic E-state index is -0.324. The van der Waals surface area contributed by atoms with E-state index in [1.165, 1.54) is 6.07 Å². The van der Waals surface area contributed by atoms with Gasteiger partial charge in [-0.05, 0) is 62.2 Å². The molecule has 90 valence electrons. The molecule has 2 aromatic carbocycles. The van der Waals surface area contributed by atoms with E-state index < -0.39 is 0 Å². The topological polar surface area (TPSA) is 35.8 Å². The van der Waals surface area contributed by atoms with Gasteiger partial charge in [-0.15, -0.1) is 0 Å². The molecule has 1 N–H and O–H groups in total. The molecule has 0 saturated heterocycles. The van der Waals surface area contributed by atoms with E-state index in [4.69, 9.17) is 5.26 Å². The third kappa shape index (κ3) is 2.71. The Labute approximate surface area is 121 Å². The second kappa shape index (κ2) is 5.51. The van der Waals surface area contributed by atoms with Crippen molar-refractivity contribution >= 4 is 43.2 Å². The molecule has 0 atom stereocenters. The minimum Gasteiger partial charge on any atom is -0.354 e. The fraction of sp³-hybridized carbons (Fsp3) is 0. The molecule has 0 aliphatic heterocycles. The quantitative estimate of drug-likeness (QED) is 0.811. The van der Waals surface area contributed by atoms with Gasteiger partial charge < -0.3 is 5.32 Å². The first-order valence-corrected chi connectivity index (χ1v) is 6.61. The van der Waals surface area contributed by atoms with Crippen LogP contribution in [0.2, 0.25) is 0 Å². The van der Waals surface area contributed by atoms with Crippen LogP contribution in [0, 0.1) is 17.1 Å². The lowest BCUT2D eigenvalue weighted by Gasteiger charge is -2.09. The zero-order valence-electron chi connectivity index (χ0n) is 9.05. The van der Waals surface area contributed by atoms with Gasteiger partial charge in [0.25, 0.3) is 0 Å². The normalized spacial score (nSPS) is 9.89. The van der Waals surface area contributed by atoms with Crippen LogP contribution in [-0.2, 0) is 0 Å². The third-order valence-electron chi connectivity index (χ3n) is 2.32. The Morgan fingerprint density at radius 1 is 1.11 bits per heavy atom. The number of rotatable bonds is 2. The maximum Gasteiger partial charge on any atom is 0.137 e. The average Bonchev–Trinajstić information content (AvgIpc) is 2.34. The molecule has 0 amide bonds. The summed E-state index contributed by atoms with van der Waals surface area (Å²) in [6, 6.07) is 12.1. The number of hydrogen-bond acceptors (Lipinski definition) is 2. The van der Waals surface area contributed by atoms with Gasteiger partial charge in [-0.2, -0.15) is 5.26 Å². The van der Waals surface area contributed by atoms with Crippen molar-refractivity contribution in [3.05, 3.63) is 56.7 Å². The van der Waals surface area contributed by atoms with Crippen molar-refractivity contribution < 1.29 is 4.39 Å². The highest BCUT2D eigenvalue weighted by Gasteiger charge is 2.07. The summed E-state index contributed by atoms with van der Waals surface area (Å²) >= 11 is 6.44. The summed E-state index contributed by atoms with van der Waals surface area (Å²) in [5.74, 6) is -0.324. The van der Waals surface area contributed by atoms with Gasteiger partial charge in [-0.3, -0.25) is 0 Å². The van der Waals surface area contributed by atoms with Gasteiger partial charge in [0.1, 0.15) is 11.9 Å². The smallest absolute Gasteiger partial charge is 0.137 e. The van der Waals surface area contributed by atoms with Crippen molar-refractivity contribution in [2.75, 3.05) is 5.32 Å². The number of nitrogens with zero attached hydrogens (tertiary/aromatic N) is 1. The molecule has 2 nitrogen and oxygen atoms in total. The van der Waals surface area contributed by atoms with E-state index in [0.717, 1.165) is 4.47 Å². The van der Waals surface area contributed by atoms with Crippen LogP contribution >= 0.6 is 31.9 Å². The molecule has 0 fully saturated rings. The lowest BCUT2D eigenvalue weighted by atomic mass is 10.2. The van der Waals surface area contributed by atoms with Crippen LogP contribution in [0.5, 0.6) is 0 Å². The van der Waals surface area contributed by atoms with Gasteiger partial charge in [-0.1, -0.05) is 6.07 Å². The summed E-state index contributed by atoms with van der Waals surface area (Å²) < 4.78 is 14.2. The summed E-state index contributed by atoms with van der Waals surface area (Å²) in [6.07, 6.45) is 0. The Balaban J connectivity index is 2.37. The average molecular weight is 370 g/mol. The molecule has 0 unspecified atom stereocenters. The zero-order chi connectivity index (χ0) is 13.1. The molecule has 0 aliphatic rings. The number of anilines is 2. The SMILES string of the molecule is N#Cc1c(Br)cccc1Nc1ccc(F)c(Br)c1. The fourth-order valence-electron chi connectivity index (χ4n) is 1.47. The maximum absolute atomic E-state index is 13.1. The van der Waals surface area contributed by atoms with Gasteiger partial charge in [0, 0.05) is 10.2 Å². The molecule has 0 saturated carbocycles. The van der Waals surface area contributed by atoms with E-state index in [1.807, 2.05) is 6.07 Å². The van der Waals surface area contributed by atoms with E-state index in [-0.39, 0.29) is 5.82 Å². The Bertz CT molecular complexity index is 635. The van der Waals surface area contributed by atoms with Crippen molar-refractivity contribution in [3.8, 4) is 6.07 Å². The summed E-state index contributed by atoms with van der Waals surface area (Å²) in [4.78, 5) is 0. The van der Waals surface area contributed by atoms with Crippen molar-refractivity contribution in [2.24, 2.45) is 0 Å². The molecule has 5 heteroatoms. The standard InChI is InChI=1S/C13H7Br2FN2/c14-10-2-1-3-13(9(10)7-17)18-8-4-5-12(16)11(15)6-8/h1-6,18H. The summed E-state index contributed by atoms with van der Waals surface area (Å²) in [5, 5.41) is 12.2. The van der Waals surface area contributed by atoms with Crippen molar-refractivity contribution in [1.82, 2.24) is 0 Å². The Kier molecular flexibility index (Phi) is 4.00. The van der Waals surface area contributed by atoms with Crippen LogP contribution in [0.15, 0.2) is 45.3 Å². The third-order valence-corrected chi connectivity index (χ3v) is 3.59. The van der Waals surface area contributed by atoms with Crippen molar-refractivity contribution in [1.29, 1.82) is 5.26 Å². The summed E-state index contributed by atoms with van der Waals surface area (Å²) in [5.41, 5.74) is 1.89. The number of benzene rings is 2. The molecule has 0 bridgehead atoms. The van der Waals surface area contributed by atoms with Gasteiger partial charge in [0.05, 0.1) is 15.7 Å². The van der Waals surface area contributed by atoms with Gasteiger partial charge in [0.2, 0.25) is 0 Å². The summed E-state index contributed by atoms with van der Waals surface area (Å²) in [6.45, 7) is 0. The Hall–Kier alpha value is -1.38. The maximum atomic E-state index is 13.1. The largest absolute Gasteiger partial charge is 0.354 e. The van der Waals surface area contributed by atoms with Crippen LogP contribution in [0.25, 0.3) is 0 Å². The highest BCUT2D eigenvalue weighted by molar-refractivity contribution is 9.10. The second-order valence-corrected chi connectivity index (χ2v) is 5.24. The molecule has 0 spiro atoms. The molecule has 0 aliphatic carbocycles. The van der Waals surface area contributed by atoms with Crippen LogP contribution in [-0.4, -0.2) is 0 Å². The van der Waals surface area contributed by atoms with Gasteiger partial charge in [0.15, 0.2) is 0 Å². The molecule has 0 radical (unpaired) electrons.